The molecule has 2 fully saturated rings. The van der Waals surface area contributed by atoms with Crippen LogP contribution in [-0.4, -0.2) is 46.5 Å². The van der Waals surface area contributed by atoms with Crippen molar-refractivity contribution in [3.63, 3.8) is 0 Å². The summed E-state index contributed by atoms with van der Waals surface area (Å²) in [6, 6.07) is 5.48. The minimum absolute atomic E-state index is 0.0590. The first-order chi connectivity index (χ1) is 14.2. The Morgan fingerprint density at radius 2 is 2.07 bits per heavy atom. The molecule has 1 saturated carbocycles. The van der Waals surface area contributed by atoms with Crippen LogP contribution in [0.2, 0.25) is 0 Å². The van der Waals surface area contributed by atoms with Crippen LogP contribution in [0.3, 0.4) is 0 Å². The number of morpholine rings is 1. The zero-order valence-corrected chi connectivity index (χ0v) is 16.3. The quantitative estimate of drug-likeness (QED) is 0.647. The molecular weight excluding hydrogens is 374 g/mol. The molecule has 0 atom stereocenters. The molecule has 2 aromatic heterocycles. The van der Waals surface area contributed by atoms with Gasteiger partial charge in [-0.15, -0.1) is 5.10 Å². The Morgan fingerprint density at radius 1 is 1.24 bits per heavy atom. The zero-order valence-electron chi connectivity index (χ0n) is 16.3. The Morgan fingerprint density at radius 3 is 2.83 bits per heavy atom. The number of tetrazole rings is 1. The smallest absolute Gasteiger partial charge is 0.200 e. The van der Waals surface area contributed by atoms with Crippen LogP contribution >= 0.6 is 0 Å². The van der Waals surface area contributed by atoms with Crippen molar-refractivity contribution < 1.29 is 13.9 Å². The van der Waals surface area contributed by atoms with Crippen molar-refractivity contribution in [1.29, 1.82) is 0 Å². The topological polar surface area (TPSA) is 95.5 Å². The summed E-state index contributed by atoms with van der Waals surface area (Å²) in [4.78, 5) is 14.7. The van der Waals surface area contributed by atoms with Gasteiger partial charge >= 0.3 is 0 Å². The van der Waals surface area contributed by atoms with E-state index in [9.17, 15) is 4.79 Å². The molecule has 1 aliphatic carbocycles. The average molecular weight is 397 g/mol. The maximum absolute atomic E-state index is 12.6. The summed E-state index contributed by atoms with van der Waals surface area (Å²) in [6.07, 6.45) is 3.41. The van der Waals surface area contributed by atoms with E-state index in [1.54, 1.807) is 18.2 Å². The lowest BCUT2D eigenvalue weighted by atomic mass is 9.93. The lowest BCUT2D eigenvalue weighted by molar-refractivity contribution is 0.121. The summed E-state index contributed by atoms with van der Waals surface area (Å²) in [5.74, 6) is 1.93. The number of hydrogen-bond donors (Lipinski definition) is 0. The van der Waals surface area contributed by atoms with Gasteiger partial charge in [-0.3, -0.25) is 4.79 Å². The SMILES string of the molecule is Cc1c(OCc2nnnn2C2CCC2)ccc2c(=O)cc(N3CCOCC3)oc12. The van der Waals surface area contributed by atoms with Gasteiger partial charge in [-0.2, -0.15) is 0 Å². The first kappa shape index (κ1) is 18.1. The van der Waals surface area contributed by atoms with Crippen molar-refractivity contribution in [2.45, 2.75) is 38.8 Å². The second-order valence-electron chi connectivity index (χ2n) is 7.53. The van der Waals surface area contributed by atoms with Crippen LogP contribution in [0.5, 0.6) is 5.75 Å². The van der Waals surface area contributed by atoms with E-state index in [0.29, 0.717) is 60.8 Å². The Hall–Kier alpha value is -2.94. The number of hydrogen-bond acceptors (Lipinski definition) is 8. The van der Waals surface area contributed by atoms with Crippen LogP contribution < -0.4 is 15.1 Å². The van der Waals surface area contributed by atoms with Gasteiger partial charge in [0, 0.05) is 24.7 Å². The highest BCUT2D eigenvalue weighted by molar-refractivity contribution is 5.82. The minimum Gasteiger partial charge on any atom is -0.485 e. The molecular formula is C20H23N5O4. The fourth-order valence-electron chi connectivity index (χ4n) is 3.78. The Bertz CT molecular complexity index is 1080. The maximum Gasteiger partial charge on any atom is 0.200 e. The van der Waals surface area contributed by atoms with Gasteiger partial charge in [0.1, 0.15) is 17.9 Å². The molecule has 9 nitrogen and oxygen atoms in total. The maximum atomic E-state index is 12.6. The van der Waals surface area contributed by atoms with Gasteiger partial charge in [0.15, 0.2) is 17.1 Å². The lowest BCUT2D eigenvalue weighted by Crippen LogP contribution is -2.36. The third kappa shape index (κ3) is 3.35. The number of ether oxygens (including phenoxy) is 2. The third-order valence-electron chi connectivity index (χ3n) is 5.74. The van der Waals surface area contributed by atoms with Gasteiger partial charge in [0.25, 0.3) is 0 Å². The Kier molecular flexibility index (Phi) is 4.67. The van der Waals surface area contributed by atoms with Crippen LogP contribution in [0, 0.1) is 6.92 Å². The average Bonchev–Trinajstić information content (AvgIpc) is 3.15. The molecule has 1 aliphatic heterocycles. The van der Waals surface area contributed by atoms with Gasteiger partial charge in [0.05, 0.1) is 24.6 Å². The van der Waals surface area contributed by atoms with E-state index in [2.05, 4.69) is 15.5 Å². The first-order valence-electron chi connectivity index (χ1n) is 10.0. The molecule has 9 heteroatoms. The van der Waals surface area contributed by atoms with Gasteiger partial charge < -0.3 is 18.8 Å². The summed E-state index contributed by atoms with van der Waals surface area (Å²) in [6.45, 7) is 4.82. The van der Waals surface area contributed by atoms with E-state index in [-0.39, 0.29) is 12.0 Å². The Balaban J connectivity index is 1.43. The predicted octanol–water partition coefficient (Wildman–Crippen LogP) is 2.23. The largest absolute Gasteiger partial charge is 0.485 e. The number of fused-ring (bicyclic) bond motifs is 1. The van der Waals surface area contributed by atoms with Crippen LogP contribution in [0.25, 0.3) is 11.0 Å². The summed E-state index contributed by atoms with van der Waals surface area (Å²) in [5.41, 5.74) is 1.28. The van der Waals surface area contributed by atoms with Crippen LogP contribution in [0.4, 0.5) is 5.88 Å². The highest BCUT2D eigenvalue weighted by Gasteiger charge is 2.24. The number of anilines is 1. The van der Waals surface area contributed by atoms with Gasteiger partial charge in [-0.25, -0.2) is 4.68 Å². The van der Waals surface area contributed by atoms with Crippen molar-refractivity contribution in [1.82, 2.24) is 20.2 Å². The summed E-state index contributed by atoms with van der Waals surface area (Å²) in [7, 11) is 0. The monoisotopic (exact) mass is 397 g/mol. The molecule has 152 valence electrons. The summed E-state index contributed by atoms with van der Waals surface area (Å²) < 4.78 is 19.4. The molecule has 0 N–H and O–H groups in total. The molecule has 1 aromatic carbocycles. The fraction of sp³-hybridized carbons (Fsp3) is 0.500. The van der Waals surface area contributed by atoms with Gasteiger partial charge in [0.2, 0.25) is 0 Å². The fourth-order valence-corrected chi connectivity index (χ4v) is 3.78. The van der Waals surface area contributed by atoms with Crippen LogP contribution in [-0.2, 0) is 11.3 Å². The first-order valence-corrected chi connectivity index (χ1v) is 10.0. The lowest BCUT2D eigenvalue weighted by Gasteiger charge is -2.27. The molecule has 0 bridgehead atoms. The van der Waals surface area contributed by atoms with Crippen molar-refractivity contribution in [2.75, 3.05) is 31.2 Å². The summed E-state index contributed by atoms with van der Waals surface area (Å²) in [5, 5.41) is 12.5. The third-order valence-corrected chi connectivity index (χ3v) is 5.74. The number of rotatable bonds is 5. The molecule has 2 aliphatic rings. The van der Waals surface area contributed by atoms with Crippen LogP contribution in [0.15, 0.2) is 27.4 Å². The number of benzene rings is 1. The van der Waals surface area contributed by atoms with Gasteiger partial charge in [-0.05, 0) is 48.7 Å². The molecule has 29 heavy (non-hydrogen) atoms. The molecule has 0 amide bonds. The van der Waals surface area contributed by atoms with Crippen molar-refractivity contribution in [3.8, 4) is 5.75 Å². The van der Waals surface area contributed by atoms with E-state index in [1.165, 1.54) is 6.42 Å². The second-order valence-corrected chi connectivity index (χ2v) is 7.53. The molecule has 1 saturated heterocycles. The second kappa shape index (κ2) is 7.47. The zero-order chi connectivity index (χ0) is 19.8. The molecule has 0 spiro atoms. The number of aryl methyl sites for hydroxylation is 1. The van der Waals surface area contributed by atoms with Crippen molar-refractivity contribution in [2.24, 2.45) is 0 Å². The Labute approximate surface area is 167 Å². The van der Waals surface area contributed by atoms with Crippen molar-refractivity contribution in [3.05, 3.63) is 39.8 Å². The molecule has 3 aromatic rings. The highest BCUT2D eigenvalue weighted by atomic mass is 16.5. The number of aromatic nitrogens is 4. The highest BCUT2D eigenvalue weighted by Crippen LogP contribution is 2.32. The molecule has 5 rings (SSSR count). The van der Waals surface area contributed by atoms with E-state index >= 15 is 0 Å². The molecule has 3 heterocycles. The minimum atomic E-state index is -0.0590. The molecule has 0 radical (unpaired) electrons. The van der Waals surface area contributed by atoms with Crippen LogP contribution in [0.1, 0.15) is 36.7 Å². The standard InChI is InChI=1S/C20H23N5O4/c1-13-17(28-12-18-21-22-23-25(18)14-3-2-4-14)6-5-15-16(26)11-19(29-20(13)15)24-7-9-27-10-8-24/h5-6,11,14H,2-4,7-10,12H2,1H3. The van der Waals surface area contributed by atoms with E-state index in [4.69, 9.17) is 13.9 Å². The van der Waals surface area contributed by atoms with Crippen molar-refractivity contribution >= 4 is 16.9 Å². The summed E-state index contributed by atoms with van der Waals surface area (Å²) >= 11 is 0. The normalized spacial score (nSPS) is 17.5. The predicted molar refractivity (Wildman–Crippen MR) is 105 cm³/mol. The number of nitrogens with zero attached hydrogens (tertiary/aromatic N) is 5. The molecule has 0 unspecified atom stereocenters. The van der Waals surface area contributed by atoms with E-state index in [0.717, 1.165) is 18.4 Å². The van der Waals surface area contributed by atoms with E-state index in [1.807, 2.05) is 16.5 Å². The van der Waals surface area contributed by atoms with Gasteiger partial charge in [-0.1, -0.05) is 0 Å². The van der Waals surface area contributed by atoms with E-state index < -0.39 is 0 Å².